The molecule has 3 atom stereocenters. The predicted octanol–water partition coefficient (Wildman–Crippen LogP) is 6.30. The van der Waals surface area contributed by atoms with Gasteiger partial charge < -0.3 is 4.74 Å². The maximum absolute atomic E-state index is 13.0. The average Bonchev–Trinajstić information content (AvgIpc) is 2.66. The maximum atomic E-state index is 13.0. The Morgan fingerprint density at radius 2 is 1.59 bits per heavy atom. The highest BCUT2D eigenvalue weighted by Crippen LogP contribution is 2.39. The van der Waals surface area contributed by atoms with Crippen LogP contribution in [0.3, 0.4) is 0 Å². The van der Waals surface area contributed by atoms with E-state index in [0.717, 1.165) is 35.4 Å². The van der Waals surface area contributed by atoms with E-state index in [4.69, 9.17) is 4.74 Å². The molecule has 0 spiro atoms. The Bertz CT molecular complexity index is 1040. The number of aromatic nitrogens is 2. The maximum Gasteiger partial charge on any atom is 0.416 e. The fourth-order valence-electron chi connectivity index (χ4n) is 4.36. The summed E-state index contributed by atoms with van der Waals surface area (Å²) in [5.74, 6) is 0.244. The Morgan fingerprint density at radius 3 is 2.21 bits per heavy atom. The molecule has 1 fully saturated rings. The number of hydrogen-bond acceptors (Lipinski definition) is 3. The molecule has 0 aliphatic carbocycles. The molecule has 6 heteroatoms. The summed E-state index contributed by atoms with van der Waals surface area (Å²) in [4.78, 5) is 0. The molecule has 3 nitrogen and oxygen atoms in total. The molecule has 1 saturated heterocycles. The Morgan fingerprint density at radius 1 is 0.931 bits per heavy atom. The van der Waals surface area contributed by atoms with Crippen LogP contribution >= 0.6 is 0 Å². The van der Waals surface area contributed by atoms with Crippen molar-refractivity contribution in [2.45, 2.75) is 57.9 Å². The lowest BCUT2D eigenvalue weighted by atomic mass is 9.87. The molecular formula is C23H23F3N2O. The number of alkyl halides is 3. The first-order chi connectivity index (χ1) is 13.7. The van der Waals surface area contributed by atoms with Gasteiger partial charge in [-0.15, -0.1) is 5.10 Å². The summed E-state index contributed by atoms with van der Waals surface area (Å²) < 4.78 is 45.0. The Balaban J connectivity index is 1.82. The topological polar surface area (TPSA) is 35.0 Å². The van der Waals surface area contributed by atoms with Crippen molar-refractivity contribution >= 4 is 10.8 Å². The van der Waals surface area contributed by atoms with Crippen LogP contribution in [0.5, 0.6) is 0 Å². The fraction of sp³-hybridized carbons (Fsp3) is 0.391. The van der Waals surface area contributed by atoms with Crippen LogP contribution in [0.1, 0.15) is 49.4 Å². The van der Waals surface area contributed by atoms with E-state index in [0.29, 0.717) is 16.8 Å². The van der Waals surface area contributed by atoms with Crippen LogP contribution in [-0.2, 0) is 10.9 Å². The molecule has 0 N–H and O–H groups in total. The summed E-state index contributed by atoms with van der Waals surface area (Å²) in [6.07, 6.45) is -2.30. The number of rotatable bonds is 2. The van der Waals surface area contributed by atoms with Crippen LogP contribution in [-0.4, -0.2) is 22.4 Å². The van der Waals surface area contributed by atoms with Gasteiger partial charge in [0.25, 0.3) is 0 Å². The molecule has 3 aromatic rings. The highest BCUT2D eigenvalue weighted by molar-refractivity contribution is 5.96. The standard InChI is InChI=1S/C23H23F3N2O/c1-13-10-17(23(24,25)26)8-9-18(13)22-20-7-5-4-6-19(20)21(27-28-22)16-11-14(2)29-15(3)12-16/h4-10,14-16H,11-12H2,1-3H3/t14-,15+,16?. The zero-order chi connectivity index (χ0) is 20.8. The fourth-order valence-corrected chi connectivity index (χ4v) is 4.36. The lowest BCUT2D eigenvalue weighted by molar-refractivity contribution is -0.137. The van der Waals surface area contributed by atoms with Crippen LogP contribution in [0.25, 0.3) is 22.0 Å². The van der Waals surface area contributed by atoms with Gasteiger partial charge in [0.1, 0.15) is 5.69 Å². The summed E-state index contributed by atoms with van der Waals surface area (Å²) >= 11 is 0. The third kappa shape index (κ3) is 3.86. The third-order valence-corrected chi connectivity index (χ3v) is 5.61. The van der Waals surface area contributed by atoms with Gasteiger partial charge in [-0.25, -0.2) is 0 Å². The molecule has 2 heterocycles. The van der Waals surface area contributed by atoms with E-state index in [1.165, 1.54) is 12.1 Å². The van der Waals surface area contributed by atoms with Crippen molar-refractivity contribution in [1.29, 1.82) is 0 Å². The molecule has 0 radical (unpaired) electrons. The van der Waals surface area contributed by atoms with Crippen molar-refractivity contribution in [3.8, 4) is 11.3 Å². The molecule has 1 aliphatic rings. The second kappa shape index (κ2) is 7.41. The zero-order valence-electron chi connectivity index (χ0n) is 16.6. The predicted molar refractivity (Wildman–Crippen MR) is 107 cm³/mol. The molecule has 0 saturated carbocycles. The van der Waals surface area contributed by atoms with Gasteiger partial charge in [0.05, 0.1) is 23.5 Å². The van der Waals surface area contributed by atoms with E-state index in [1.807, 2.05) is 24.3 Å². The van der Waals surface area contributed by atoms with Crippen molar-refractivity contribution in [3.05, 3.63) is 59.3 Å². The molecular weight excluding hydrogens is 377 g/mol. The van der Waals surface area contributed by atoms with E-state index >= 15 is 0 Å². The van der Waals surface area contributed by atoms with Gasteiger partial charge in [-0.1, -0.05) is 30.3 Å². The zero-order valence-corrected chi connectivity index (χ0v) is 16.6. The molecule has 1 aromatic heterocycles. The summed E-state index contributed by atoms with van der Waals surface area (Å²) in [5.41, 5.74) is 2.10. The molecule has 1 aliphatic heterocycles. The van der Waals surface area contributed by atoms with Crippen LogP contribution in [0.4, 0.5) is 13.2 Å². The number of hydrogen-bond donors (Lipinski definition) is 0. The lowest BCUT2D eigenvalue weighted by Gasteiger charge is -2.32. The normalized spacial score (nSPS) is 22.8. The van der Waals surface area contributed by atoms with Gasteiger partial charge in [0.2, 0.25) is 0 Å². The monoisotopic (exact) mass is 400 g/mol. The summed E-state index contributed by atoms with van der Waals surface area (Å²) in [6, 6.07) is 11.6. The Hall–Kier alpha value is -2.47. The van der Waals surface area contributed by atoms with Crippen molar-refractivity contribution in [2.24, 2.45) is 0 Å². The lowest BCUT2D eigenvalue weighted by Crippen LogP contribution is -2.28. The first-order valence-electron chi connectivity index (χ1n) is 9.83. The second-order valence-electron chi connectivity index (χ2n) is 7.93. The van der Waals surface area contributed by atoms with E-state index in [1.54, 1.807) is 6.92 Å². The van der Waals surface area contributed by atoms with Gasteiger partial charge in [0.15, 0.2) is 0 Å². The third-order valence-electron chi connectivity index (χ3n) is 5.61. The van der Waals surface area contributed by atoms with Crippen LogP contribution in [0, 0.1) is 6.92 Å². The van der Waals surface area contributed by atoms with Gasteiger partial charge in [-0.2, -0.15) is 18.3 Å². The molecule has 0 bridgehead atoms. The Labute approximate surface area is 167 Å². The minimum absolute atomic E-state index is 0.154. The van der Waals surface area contributed by atoms with Crippen molar-refractivity contribution in [2.75, 3.05) is 0 Å². The van der Waals surface area contributed by atoms with Gasteiger partial charge in [-0.3, -0.25) is 0 Å². The molecule has 152 valence electrons. The highest BCUT2D eigenvalue weighted by Gasteiger charge is 2.31. The number of nitrogens with zero attached hydrogens (tertiary/aromatic N) is 2. The summed E-state index contributed by atoms with van der Waals surface area (Å²) in [7, 11) is 0. The van der Waals surface area contributed by atoms with E-state index < -0.39 is 11.7 Å². The quantitative estimate of drug-likeness (QED) is 0.507. The van der Waals surface area contributed by atoms with Crippen molar-refractivity contribution in [3.63, 3.8) is 0 Å². The van der Waals surface area contributed by atoms with Crippen LogP contribution in [0.15, 0.2) is 42.5 Å². The minimum atomic E-state index is -4.36. The summed E-state index contributed by atoms with van der Waals surface area (Å²) in [6.45, 7) is 5.81. The molecule has 29 heavy (non-hydrogen) atoms. The SMILES string of the molecule is Cc1cc(C(F)(F)F)ccc1-c1nnc(C2C[C@@H](C)O[C@@H](C)C2)c2ccccc12. The van der Waals surface area contributed by atoms with E-state index in [-0.39, 0.29) is 18.1 Å². The largest absolute Gasteiger partial charge is 0.416 e. The number of benzene rings is 2. The first-order valence-corrected chi connectivity index (χ1v) is 9.83. The Kier molecular flexibility index (Phi) is 5.07. The second-order valence-corrected chi connectivity index (χ2v) is 7.93. The van der Waals surface area contributed by atoms with Crippen molar-refractivity contribution in [1.82, 2.24) is 10.2 Å². The number of aryl methyl sites for hydroxylation is 1. The van der Waals surface area contributed by atoms with Crippen molar-refractivity contribution < 1.29 is 17.9 Å². The number of halogens is 3. The summed E-state index contributed by atoms with van der Waals surface area (Å²) in [5, 5.41) is 11.0. The number of fused-ring (bicyclic) bond motifs is 1. The number of ether oxygens (including phenoxy) is 1. The molecule has 4 rings (SSSR count). The first kappa shape index (κ1) is 19.8. The van der Waals surface area contributed by atoms with Gasteiger partial charge in [-0.05, 0) is 51.3 Å². The van der Waals surface area contributed by atoms with Crippen LogP contribution < -0.4 is 0 Å². The van der Waals surface area contributed by atoms with E-state index in [2.05, 4.69) is 24.0 Å². The molecule has 2 aromatic carbocycles. The minimum Gasteiger partial charge on any atom is -0.376 e. The molecule has 0 amide bonds. The van der Waals surface area contributed by atoms with Crippen LogP contribution in [0.2, 0.25) is 0 Å². The molecule has 1 unspecified atom stereocenters. The van der Waals surface area contributed by atoms with E-state index in [9.17, 15) is 13.2 Å². The average molecular weight is 400 g/mol. The van der Waals surface area contributed by atoms with Gasteiger partial charge in [0, 0.05) is 22.3 Å². The van der Waals surface area contributed by atoms with Gasteiger partial charge >= 0.3 is 6.18 Å². The highest BCUT2D eigenvalue weighted by atomic mass is 19.4. The smallest absolute Gasteiger partial charge is 0.376 e.